The maximum atomic E-state index is 12.8. The summed E-state index contributed by atoms with van der Waals surface area (Å²) < 4.78 is 0. The number of anilines is 1. The topological polar surface area (TPSA) is 89.2 Å². The number of hydrogen-bond acceptors (Lipinski definition) is 5. The van der Waals surface area contributed by atoms with E-state index < -0.39 is 0 Å². The van der Waals surface area contributed by atoms with Crippen LogP contribution < -0.4 is 10.6 Å². The van der Waals surface area contributed by atoms with Gasteiger partial charge in [-0.1, -0.05) is 23.7 Å². The Labute approximate surface area is 169 Å². The average molecular weight is 399 g/mol. The normalized spacial score (nSPS) is 20.1. The van der Waals surface area contributed by atoms with Crippen LogP contribution in [0.3, 0.4) is 0 Å². The van der Waals surface area contributed by atoms with Gasteiger partial charge in [-0.05, 0) is 49.8 Å². The largest absolute Gasteiger partial charge is 0.369 e. The van der Waals surface area contributed by atoms with Gasteiger partial charge in [0.2, 0.25) is 11.9 Å². The molecule has 0 spiro atoms. The standard InChI is InChI=1S/C21H23ClN4O2/c1-12-19-17(10-15(11-18(19)27)14-3-2-4-16(22)9-14)25-21(24-12)26-7-5-13(6-8-26)20(23)28/h2-4,9,13,15H,5-8,10-11H2,1H3,(H2,23,28)/t15-/m1/s1. The predicted molar refractivity (Wildman–Crippen MR) is 108 cm³/mol. The van der Waals surface area contributed by atoms with E-state index in [9.17, 15) is 9.59 Å². The molecule has 28 heavy (non-hydrogen) atoms. The third-order valence-electron chi connectivity index (χ3n) is 5.80. The Morgan fingerprint density at radius 1 is 1.21 bits per heavy atom. The summed E-state index contributed by atoms with van der Waals surface area (Å²) in [6.07, 6.45) is 2.55. The third-order valence-corrected chi connectivity index (χ3v) is 6.04. The number of carbonyl (C=O) groups is 2. The van der Waals surface area contributed by atoms with Crippen LogP contribution in [0.1, 0.15) is 52.5 Å². The number of amides is 1. The van der Waals surface area contributed by atoms with Crippen LogP contribution in [0.15, 0.2) is 24.3 Å². The van der Waals surface area contributed by atoms with Gasteiger partial charge in [0.05, 0.1) is 17.0 Å². The number of aromatic nitrogens is 2. The van der Waals surface area contributed by atoms with Crippen LogP contribution in [-0.4, -0.2) is 34.7 Å². The Balaban J connectivity index is 1.61. The molecular formula is C21H23ClN4O2. The van der Waals surface area contributed by atoms with Crippen LogP contribution in [0.25, 0.3) is 0 Å². The number of ketones is 1. The molecule has 6 nitrogen and oxygen atoms in total. The van der Waals surface area contributed by atoms with Gasteiger partial charge >= 0.3 is 0 Å². The van der Waals surface area contributed by atoms with Crippen molar-refractivity contribution in [3.63, 3.8) is 0 Å². The monoisotopic (exact) mass is 398 g/mol. The van der Waals surface area contributed by atoms with Crippen molar-refractivity contribution in [1.29, 1.82) is 0 Å². The molecule has 1 aromatic carbocycles. The van der Waals surface area contributed by atoms with Gasteiger partial charge in [-0.3, -0.25) is 9.59 Å². The maximum Gasteiger partial charge on any atom is 0.225 e. The fraction of sp³-hybridized carbons (Fsp3) is 0.429. The van der Waals surface area contributed by atoms with Crippen molar-refractivity contribution in [2.75, 3.05) is 18.0 Å². The van der Waals surface area contributed by atoms with Crippen molar-refractivity contribution in [3.8, 4) is 0 Å². The highest BCUT2D eigenvalue weighted by molar-refractivity contribution is 6.30. The van der Waals surface area contributed by atoms with Gasteiger partial charge in [0.25, 0.3) is 0 Å². The number of carbonyl (C=O) groups excluding carboxylic acids is 2. The Morgan fingerprint density at radius 2 is 1.96 bits per heavy atom. The van der Waals surface area contributed by atoms with E-state index in [4.69, 9.17) is 22.3 Å². The second kappa shape index (κ2) is 7.51. The first-order valence-electron chi connectivity index (χ1n) is 9.63. The summed E-state index contributed by atoms with van der Waals surface area (Å²) in [5.74, 6) is 0.476. The molecule has 146 valence electrons. The minimum absolute atomic E-state index is 0.0708. The summed E-state index contributed by atoms with van der Waals surface area (Å²) in [6, 6.07) is 7.69. The first-order chi connectivity index (χ1) is 13.4. The van der Waals surface area contributed by atoms with Crippen molar-refractivity contribution < 1.29 is 9.59 Å². The Bertz CT molecular complexity index is 938. The van der Waals surface area contributed by atoms with Gasteiger partial charge < -0.3 is 10.6 Å². The molecule has 1 amide bonds. The fourth-order valence-electron chi connectivity index (χ4n) is 4.26. The second-order valence-electron chi connectivity index (χ2n) is 7.68. The molecule has 1 aliphatic carbocycles. The summed E-state index contributed by atoms with van der Waals surface area (Å²) in [7, 11) is 0. The molecule has 2 aromatic rings. The van der Waals surface area contributed by atoms with Gasteiger partial charge in [-0.2, -0.15) is 0 Å². The lowest BCUT2D eigenvalue weighted by molar-refractivity contribution is -0.122. The summed E-state index contributed by atoms with van der Waals surface area (Å²) in [4.78, 5) is 35.6. The molecule has 2 heterocycles. The average Bonchev–Trinajstić information content (AvgIpc) is 2.67. The third kappa shape index (κ3) is 3.61. The first kappa shape index (κ1) is 18.9. The van der Waals surface area contributed by atoms with Crippen LogP contribution >= 0.6 is 11.6 Å². The number of fused-ring (bicyclic) bond motifs is 1. The zero-order valence-electron chi connectivity index (χ0n) is 15.8. The minimum Gasteiger partial charge on any atom is -0.369 e. The van der Waals surface area contributed by atoms with E-state index in [1.165, 1.54) is 0 Å². The number of rotatable bonds is 3. The number of nitrogens with two attached hydrogens (primary N) is 1. The van der Waals surface area contributed by atoms with Crippen molar-refractivity contribution in [1.82, 2.24) is 9.97 Å². The molecule has 0 unspecified atom stereocenters. The van der Waals surface area contributed by atoms with E-state index in [-0.39, 0.29) is 23.5 Å². The summed E-state index contributed by atoms with van der Waals surface area (Å²) >= 11 is 6.14. The van der Waals surface area contributed by atoms with Crippen LogP contribution in [0.2, 0.25) is 5.02 Å². The number of halogens is 1. The smallest absolute Gasteiger partial charge is 0.225 e. The second-order valence-corrected chi connectivity index (χ2v) is 8.11. The van der Waals surface area contributed by atoms with E-state index in [2.05, 4.69) is 9.88 Å². The zero-order valence-corrected chi connectivity index (χ0v) is 16.6. The number of piperidine rings is 1. The molecule has 1 aliphatic heterocycles. The number of hydrogen-bond donors (Lipinski definition) is 1. The molecule has 0 radical (unpaired) electrons. The van der Waals surface area contributed by atoms with Gasteiger partial charge in [0.1, 0.15) is 0 Å². The lowest BCUT2D eigenvalue weighted by atomic mass is 9.81. The van der Waals surface area contributed by atoms with E-state index in [1.807, 2.05) is 31.2 Å². The molecule has 0 saturated carbocycles. The Morgan fingerprint density at radius 3 is 2.64 bits per heavy atom. The van der Waals surface area contributed by atoms with Crippen molar-refractivity contribution in [3.05, 3.63) is 51.8 Å². The predicted octanol–water partition coefficient (Wildman–Crippen LogP) is 3.05. The Hall–Kier alpha value is -2.47. The van der Waals surface area contributed by atoms with Crippen molar-refractivity contribution in [2.24, 2.45) is 11.7 Å². The van der Waals surface area contributed by atoms with Crippen LogP contribution in [0.5, 0.6) is 0 Å². The van der Waals surface area contributed by atoms with Crippen molar-refractivity contribution >= 4 is 29.2 Å². The molecular weight excluding hydrogens is 376 g/mol. The number of Topliss-reactive ketones (excluding diaryl/α,β-unsaturated/α-hetero) is 1. The van der Waals surface area contributed by atoms with E-state index in [0.29, 0.717) is 55.3 Å². The highest BCUT2D eigenvalue weighted by Crippen LogP contribution is 2.35. The molecule has 4 rings (SSSR count). The molecule has 1 atom stereocenters. The molecule has 1 saturated heterocycles. The zero-order chi connectivity index (χ0) is 19.8. The van der Waals surface area contributed by atoms with Gasteiger partial charge in [-0.25, -0.2) is 9.97 Å². The van der Waals surface area contributed by atoms with Gasteiger partial charge in [-0.15, -0.1) is 0 Å². The van der Waals surface area contributed by atoms with Crippen LogP contribution in [0, 0.1) is 12.8 Å². The number of benzene rings is 1. The minimum atomic E-state index is -0.239. The quantitative estimate of drug-likeness (QED) is 0.858. The number of aryl methyl sites for hydroxylation is 1. The SMILES string of the molecule is Cc1nc(N2CCC(C(N)=O)CC2)nc2c1C(=O)C[C@H](c1cccc(Cl)c1)C2. The van der Waals surface area contributed by atoms with Gasteiger partial charge in [0, 0.05) is 30.5 Å². The number of nitrogens with zero attached hydrogens (tertiary/aromatic N) is 3. The number of primary amides is 1. The van der Waals surface area contributed by atoms with Crippen LogP contribution in [0.4, 0.5) is 5.95 Å². The molecule has 1 aromatic heterocycles. The van der Waals surface area contributed by atoms with Gasteiger partial charge in [0.15, 0.2) is 5.78 Å². The summed E-state index contributed by atoms with van der Waals surface area (Å²) in [5.41, 5.74) is 8.68. The fourth-order valence-corrected chi connectivity index (χ4v) is 4.46. The van der Waals surface area contributed by atoms with E-state index in [1.54, 1.807) is 0 Å². The summed E-state index contributed by atoms with van der Waals surface area (Å²) in [6.45, 7) is 3.26. The van der Waals surface area contributed by atoms with Crippen LogP contribution in [-0.2, 0) is 11.2 Å². The molecule has 7 heteroatoms. The maximum absolute atomic E-state index is 12.8. The highest BCUT2D eigenvalue weighted by atomic mass is 35.5. The molecule has 1 fully saturated rings. The molecule has 0 bridgehead atoms. The van der Waals surface area contributed by atoms with Crippen molar-refractivity contribution in [2.45, 2.75) is 38.5 Å². The first-order valence-corrected chi connectivity index (χ1v) is 10.0. The lowest BCUT2D eigenvalue weighted by Crippen LogP contribution is -2.39. The highest BCUT2D eigenvalue weighted by Gasteiger charge is 2.31. The Kier molecular flexibility index (Phi) is 5.06. The van der Waals surface area contributed by atoms with E-state index in [0.717, 1.165) is 17.0 Å². The van der Waals surface area contributed by atoms with E-state index >= 15 is 0 Å². The molecule has 2 N–H and O–H groups in total. The molecule has 2 aliphatic rings. The summed E-state index contributed by atoms with van der Waals surface area (Å²) in [5, 5.41) is 0.674. The lowest BCUT2D eigenvalue weighted by Gasteiger charge is -2.32.